The Morgan fingerprint density at radius 2 is 1.85 bits per heavy atom. The molecule has 102 valence electrons. The lowest BCUT2D eigenvalue weighted by Crippen LogP contribution is -1.89. The highest BCUT2D eigenvalue weighted by Gasteiger charge is 2.12. The van der Waals surface area contributed by atoms with Crippen molar-refractivity contribution in [3.8, 4) is 17.2 Å². The number of hydrogen-bond donors (Lipinski definition) is 1. The van der Waals surface area contributed by atoms with Crippen molar-refractivity contribution in [2.75, 3.05) is 12.8 Å². The van der Waals surface area contributed by atoms with Crippen LogP contribution in [0.3, 0.4) is 0 Å². The molecule has 0 atom stereocenters. The molecule has 0 amide bonds. The molecule has 3 aromatic rings. The third kappa shape index (κ3) is 2.17. The van der Waals surface area contributed by atoms with E-state index in [0.29, 0.717) is 38.5 Å². The Morgan fingerprint density at radius 3 is 2.50 bits per heavy atom. The third-order valence-corrected chi connectivity index (χ3v) is 3.55. The summed E-state index contributed by atoms with van der Waals surface area (Å²) in [5.41, 5.74) is 8.08. The zero-order valence-corrected chi connectivity index (χ0v) is 12.0. The van der Waals surface area contributed by atoms with Gasteiger partial charge in [0.05, 0.1) is 22.8 Å². The number of fused-ring (bicyclic) bond motifs is 1. The molecule has 0 unspecified atom stereocenters. The average molecular weight is 309 g/mol. The maximum atomic E-state index is 6.02. The molecule has 1 aromatic heterocycles. The SMILES string of the molecule is COc1ccc2nc(-c3cc(Cl)c(N)c(Cl)c3)oc2c1. The van der Waals surface area contributed by atoms with Gasteiger partial charge in [0.15, 0.2) is 5.58 Å². The van der Waals surface area contributed by atoms with Crippen molar-refractivity contribution in [2.24, 2.45) is 0 Å². The number of nitrogens with two attached hydrogens (primary N) is 1. The van der Waals surface area contributed by atoms with E-state index in [-0.39, 0.29) is 0 Å². The summed E-state index contributed by atoms with van der Waals surface area (Å²) in [6, 6.07) is 8.75. The zero-order chi connectivity index (χ0) is 14.3. The molecule has 2 aromatic carbocycles. The van der Waals surface area contributed by atoms with Crippen LogP contribution < -0.4 is 10.5 Å². The molecule has 0 aliphatic heterocycles. The minimum atomic E-state index is 0.342. The first-order valence-electron chi connectivity index (χ1n) is 5.78. The second-order valence-electron chi connectivity index (χ2n) is 4.21. The summed E-state index contributed by atoms with van der Waals surface area (Å²) < 4.78 is 10.8. The molecular weight excluding hydrogens is 299 g/mol. The van der Waals surface area contributed by atoms with E-state index in [4.69, 9.17) is 38.1 Å². The van der Waals surface area contributed by atoms with Crippen LogP contribution in [0.4, 0.5) is 5.69 Å². The fourth-order valence-corrected chi connectivity index (χ4v) is 2.35. The smallest absolute Gasteiger partial charge is 0.227 e. The lowest BCUT2D eigenvalue weighted by Gasteiger charge is -2.03. The molecule has 1 heterocycles. The lowest BCUT2D eigenvalue weighted by molar-refractivity contribution is 0.414. The Bertz CT molecular complexity index is 776. The van der Waals surface area contributed by atoms with Crippen LogP contribution in [0.15, 0.2) is 34.7 Å². The molecule has 6 heteroatoms. The van der Waals surface area contributed by atoms with Crippen LogP contribution in [-0.2, 0) is 0 Å². The van der Waals surface area contributed by atoms with Gasteiger partial charge in [-0.25, -0.2) is 4.98 Å². The van der Waals surface area contributed by atoms with Gasteiger partial charge in [-0.2, -0.15) is 0 Å². The summed E-state index contributed by atoms with van der Waals surface area (Å²) in [4.78, 5) is 4.39. The normalized spacial score (nSPS) is 10.9. The predicted octanol–water partition coefficient (Wildman–Crippen LogP) is 4.39. The van der Waals surface area contributed by atoms with E-state index < -0.39 is 0 Å². The van der Waals surface area contributed by atoms with Crippen molar-refractivity contribution in [1.29, 1.82) is 0 Å². The first-order valence-corrected chi connectivity index (χ1v) is 6.53. The highest BCUT2D eigenvalue weighted by Crippen LogP contribution is 2.34. The first-order chi connectivity index (χ1) is 9.58. The fraction of sp³-hybridized carbons (Fsp3) is 0.0714. The van der Waals surface area contributed by atoms with E-state index in [9.17, 15) is 0 Å². The summed E-state index contributed by atoms with van der Waals surface area (Å²) in [6.45, 7) is 0. The molecule has 0 saturated carbocycles. The van der Waals surface area contributed by atoms with E-state index in [1.807, 2.05) is 12.1 Å². The Kier molecular flexibility index (Phi) is 3.20. The molecule has 0 aliphatic rings. The Balaban J connectivity index is 2.14. The van der Waals surface area contributed by atoms with Gasteiger partial charge in [-0.15, -0.1) is 0 Å². The van der Waals surface area contributed by atoms with Gasteiger partial charge in [0.2, 0.25) is 5.89 Å². The molecule has 0 bridgehead atoms. The molecule has 20 heavy (non-hydrogen) atoms. The monoisotopic (exact) mass is 308 g/mol. The predicted molar refractivity (Wildman–Crippen MR) is 80.4 cm³/mol. The van der Waals surface area contributed by atoms with Gasteiger partial charge in [0, 0.05) is 11.6 Å². The van der Waals surface area contributed by atoms with Crippen LogP contribution in [0.2, 0.25) is 10.0 Å². The van der Waals surface area contributed by atoms with Crippen molar-refractivity contribution < 1.29 is 9.15 Å². The van der Waals surface area contributed by atoms with Crippen LogP contribution in [0.1, 0.15) is 0 Å². The Labute approximate surface area is 125 Å². The van der Waals surface area contributed by atoms with Crippen LogP contribution >= 0.6 is 23.2 Å². The first kappa shape index (κ1) is 13.1. The number of rotatable bonds is 2. The molecule has 0 saturated heterocycles. The molecule has 0 spiro atoms. The number of anilines is 1. The number of halogens is 2. The van der Waals surface area contributed by atoms with Gasteiger partial charge in [0.1, 0.15) is 11.3 Å². The molecule has 2 N–H and O–H groups in total. The maximum Gasteiger partial charge on any atom is 0.227 e. The highest BCUT2D eigenvalue weighted by atomic mass is 35.5. The van der Waals surface area contributed by atoms with Crippen LogP contribution in [0.5, 0.6) is 5.75 Å². The minimum Gasteiger partial charge on any atom is -0.497 e. The quantitative estimate of drug-likeness (QED) is 0.713. The second kappa shape index (κ2) is 4.89. The lowest BCUT2D eigenvalue weighted by atomic mass is 10.2. The number of methoxy groups -OCH3 is 1. The Morgan fingerprint density at radius 1 is 1.15 bits per heavy atom. The van der Waals surface area contributed by atoms with Crippen molar-refractivity contribution in [2.45, 2.75) is 0 Å². The van der Waals surface area contributed by atoms with Gasteiger partial charge in [-0.3, -0.25) is 0 Å². The van der Waals surface area contributed by atoms with Gasteiger partial charge in [0.25, 0.3) is 0 Å². The fourth-order valence-electron chi connectivity index (χ4n) is 1.86. The standard InChI is InChI=1S/C14H10Cl2N2O2/c1-19-8-2-3-11-12(6-8)20-14(18-11)7-4-9(15)13(17)10(16)5-7/h2-6H,17H2,1H3. The number of nitrogen functional groups attached to an aromatic ring is 1. The van der Waals surface area contributed by atoms with Crippen LogP contribution in [0, 0.1) is 0 Å². The molecule has 0 aliphatic carbocycles. The number of benzene rings is 2. The average Bonchev–Trinajstić information content (AvgIpc) is 2.86. The third-order valence-electron chi connectivity index (χ3n) is 2.92. The number of oxazole rings is 1. The van der Waals surface area contributed by atoms with Crippen molar-refractivity contribution in [3.63, 3.8) is 0 Å². The van der Waals surface area contributed by atoms with Crippen molar-refractivity contribution in [1.82, 2.24) is 4.98 Å². The van der Waals surface area contributed by atoms with E-state index >= 15 is 0 Å². The van der Waals surface area contributed by atoms with E-state index in [2.05, 4.69) is 4.98 Å². The summed E-state index contributed by atoms with van der Waals surface area (Å²) in [5, 5.41) is 0.736. The van der Waals surface area contributed by atoms with Gasteiger partial charge < -0.3 is 14.9 Å². The van der Waals surface area contributed by atoms with Gasteiger partial charge in [-0.05, 0) is 24.3 Å². The number of hydrogen-bond acceptors (Lipinski definition) is 4. The van der Waals surface area contributed by atoms with Crippen molar-refractivity contribution in [3.05, 3.63) is 40.4 Å². The van der Waals surface area contributed by atoms with Gasteiger partial charge >= 0.3 is 0 Å². The molecule has 3 rings (SSSR count). The molecule has 0 fully saturated rings. The summed E-state index contributed by atoms with van der Waals surface area (Å²) in [5.74, 6) is 1.13. The van der Waals surface area contributed by atoms with E-state index in [0.717, 1.165) is 5.52 Å². The topological polar surface area (TPSA) is 61.3 Å². The van der Waals surface area contributed by atoms with Crippen LogP contribution in [-0.4, -0.2) is 12.1 Å². The summed E-state index contributed by atoms with van der Waals surface area (Å²) in [7, 11) is 1.60. The van der Waals surface area contributed by atoms with Crippen molar-refractivity contribution >= 4 is 40.0 Å². The molecular formula is C14H10Cl2N2O2. The largest absolute Gasteiger partial charge is 0.497 e. The highest BCUT2D eigenvalue weighted by molar-refractivity contribution is 6.39. The van der Waals surface area contributed by atoms with E-state index in [1.54, 1.807) is 25.3 Å². The second-order valence-corrected chi connectivity index (χ2v) is 5.02. The zero-order valence-electron chi connectivity index (χ0n) is 10.5. The minimum absolute atomic E-state index is 0.342. The van der Waals surface area contributed by atoms with Crippen LogP contribution in [0.25, 0.3) is 22.6 Å². The summed E-state index contributed by atoms with van der Waals surface area (Å²) >= 11 is 12.0. The number of nitrogens with zero attached hydrogens (tertiary/aromatic N) is 1. The van der Waals surface area contributed by atoms with E-state index in [1.165, 1.54) is 0 Å². The molecule has 4 nitrogen and oxygen atoms in total. The summed E-state index contributed by atoms with van der Waals surface area (Å²) in [6.07, 6.45) is 0. The number of ether oxygens (including phenoxy) is 1. The van der Waals surface area contributed by atoms with Gasteiger partial charge in [-0.1, -0.05) is 23.2 Å². The Hall–Kier alpha value is -1.91. The number of aromatic nitrogens is 1. The molecule has 0 radical (unpaired) electrons. The maximum absolute atomic E-state index is 6.02.